The Balaban J connectivity index is 1.95. The van der Waals surface area contributed by atoms with Crippen LogP contribution in [-0.4, -0.2) is 41.7 Å². The molecule has 3 amide bonds. The fourth-order valence-electron chi connectivity index (χ4n) is 4.96. The molecule has 1 heterocycles. The lowest BCUT2D eigenvalue weighted by molar-refractivity contribution is -0.137. The number of carbonyl (C=O) groups excluding carboxylic acids is 4. The zero-order valence-corrected chi connectivity index (χ0v) is 19.9. The summed E-state index contributed by atoms with van der Waals surface area (Å²) >= 11 is 0. The zero-order chi connectivity index (χ0) is 24.3. The molecule has 33 heavy (non-hydrogen) atoms. The van der Waals surface area contributed by atoms with Crippen molar-refractivity contribution in [1.82, 2.24) is 10.2 Å². The van der Waals surface area contributed by atoms with Crippen LogP contribution in [0.1, 0.15) is 68.7 Å². The number of Topliss-reactive ketones (excluding diaryl/α,β-unsaturated/α-hetero) is 1. The summed E-state index contributed by atoms with van der Waals surface area (Å²) in [6.07, 6.45) is 1.95. The molecule has 1 N–H and O–H groups in total. The smallest absolute Gasteiger partial charge is 0.324 e. The maximum absolute atomic E-state index is 13.5. The highest BCUT2D eigenvalue weighted by Crippen LogP contribution is 2.48. The van der Waals surface area contributed by atoms with Crippen molar-refractivity contribution >= 4 is 29.3 Å². The number of hydrogen-bond donors (Lipinski definition) is 1. The van der Waals surface area contributed by atoms with Gasteiger partial charge in [0, 0.05) is 45.3 Å². The van der Waals surface area contributed by atoms with Crippen LogP contribution in [0.3, 0.4) is 0 Å². The van der Waals surface area contributed by atoms with Crippen LogP contribution in [0.15, 0.2) is 17.9 Å². The first-order valence-electron chi connectivity index (χ1n) is 11.1. The number of esters is 1. The number of rotatable bonds is 2. The Morgan fingerprint density at radius 3 is 2.18 bits per heavy atom. The van der Waals surface area contributed by atoms with Crippen molar-refractivity contribution in [2.45, 2.75) is 60.3 Å². The molecule has 0 atom stereocenters. The number of nitrogens with one attached hydrogen (secondary N) is 1. The van der Waals surface area contributed by atoms with Crippen LogP contribution >= 0.6 is 0 Å². The molecule has 1 aliphatic carbocycles. The van der Waals surface area contributed by atoms with Gasteiger partial charge in [-0.3, -0.25) is 19.7 Å². The summed E-state index contributed by atoms with van der Waals surface area (Å²) in [5.74, 6) is 5.42. The Labute approximate surface area is 194 Å². The number of nitrogens with zero attached hydrogens (tertiary/aromatic N) is 1. The number of amides is 3. The summed E-state index contributed by atoms with van der Waals surface area (Å²) in [5.41, 5.74) is 3.58. The van der Waals surface area contributed by atoms with Crippen molar-refractivity contribution in [2.75, 3.05) is 13.1 Å². The molecule has 1 aromatic rings. The largest absolute Gasteiger partial charge is 0.430 e. The molecular weight excluding hydrogens is 420 g/mol. The van der Waals surface area contributed by atoms with Crippen molar-refractivity contribution in [3.05, 3.63) is 40.1 Å². The number of carbonyl (C=O) groups is 4. The van der Waals surface area contributed by atoms with E-state index < -0.39 is 17.9 Å². The van der Waals surface area contributed by atoms with E-state index in [9.17, 15) is 19.2 Å². The SMILES string of the molecule is CC#Cc1cc(C)c(C2=C(OC(C)=O)CC3(CCN(C(=O)NC(C)=O)CC3)CC2=O)c(C)c1. The van der Waals surface area contributed by atoms with E-state index in [0.29, 0.717) is 50.1 Å². The van der Waals surface area contributed by atoms with Crippen LogP contribution in [-0.2, 0) is 19.1 Å². The Bertz CT molecular complexity index is 1090. The number of ether oxygens (including phenoxy) is 1. The van der Waals surface area contributed by atoms with Crippen molar-refractivity contribution in [3.8, 4) is 11.8 Å². The van der Waals surface area contributed by atoms with Crippen LogP contribution < -0.4 is 5.32 Å². The topological polar surface area (TPSA) is 92.8 Å². The van der Waals surface area contributed by atoms with Crippen LogP contribution in [0, 0.1) is 31.1 Å². The molecule has 2 aliphatic rings. The molecule has 1 spiro atoms. The zero-order valence-electron chi connectivity index (χ0n) is 19.9. The van der Waals surface area contributed by atoms with E-state index in [1.165, 1.54) is 13.8 Å². The van der Waals surface area contributed by atoms with Crippen molar-refractivity contribution in [2.24, 2.45) is 5.41 Å². The number of hydrogen-bond acceptors (Lipinski definition) is 5. The lowest BCUT2D eigenvalue weighted by Crippen LogP contribution is -2.49. The number of piperidine rings is 1. The molecule has 174 valence electrons. The molecule has 7 nitrogen and oxygen atoms in total. The van der Waals surface area contributed by atoms with Crippen LogP contribution in [0.4, 0.5) is 4.79 Å². The van der Waals surface area contributed by atoms with Gasteiger partial charge in [-0.25, -0.2) is 4.79 Å². The van der Waals surface area contributed by atoms with E-state index >= 15 is 0 Å². The molecule has 0 bridgehead atoms. The normalized spacial score (nSPS) is 17.4. The third-order valence-electron chi connectivity index (χ3n) is 6.34. The minimum absolute atomic E-state index is 0.0559. The summed E-state index contributed by atoms with van der Waals surface area (Å²) < 4.78 is 5.63. The number of allylic oxidation sites excluding steroid dienone is 2. The highest BCUT2D eigenvalue weighted by Gasteiger charge is 2.44. The van der Waals surface area contributed by atoms with Crippen LogP contribution in [0.25, 0.3) is 5.57 Å². The molecule has 0 saturated carbocycles. The Hall–Kier alpha value is -3.40. The summed E-state index contributed by atoms with van der Waals surface area (Å²) in [4.78, 5) is 50.4. The minimum Gasteiger partial charge on any atom is -0.430 e. The number of imide groups is 1. The average molecular weight is 451 g/mol. The number of aryl methyl sites for hydroxylation is 2. The van der Waals surface area contributed by atoms with E-state index in [2.05, 4.69) is 17.2 Å². The van der Waals surface area contributed by atoms with E-state index in [1.807, 2.05) is 26.0 Å². The quantitative estimate of drug-likeness (QED) is 0.548. The molecule has 1 aliphatic heterocycles. The second kappa shape index (κ2) is 9.62. The molecule has 1 saturated heterocycles. The van der Waals surface area contributed by atoms with Crippen molar-refractivity contribution in [1.29, 1.82) is 0 Å². The van der Waals surface area contributed by atoms with Gasteiger partial charge in [-0.15, -0.1) is 5.92 Å². The fraction of sp³-hybridized carbons (Fsp3) is 0.462. The van der Waals surface area contributed by atoms with Gasteiger partial charge in [0.1, 0.15) is 5.76 Å². The first-order valence-corrected chi connectivity index (χ1v) is 11.1. The highest BCUT2D eigenvalue weighted by molar-refractivity contribution is 6.23. The fourth-order valence-corrected chi connectivity index (χ4v) is 4.96. The second-order valence-corrected chi connectivity index (χ2v) is 9.00. The van der Waals surface area contributed by atoms with E-state index in [1.54, 1.807) is 11.8 Å². The van der Waals surface area contributed by atoms with Gasteiger partial charge < -0.3 is 9.64 Å². The Kier molecular flexibility index (Phi) is 7.06. The Morgan fingerprint density at radius 1 is 1.06 bits per heavy atom. The monoisotopic (exact) mass is 450 g/mol. The molecule has 1 aromatic carbocycles. The number of ketones is 1. The predicted molar refractivity (Wildman–Crippen MR) is 124 cm³/mol. The number of urea groups is 1. The van der Waals surface area contributed by atoms with Gasteiger partial charge in [0.15, 0.2) is 5.78 Å². The van der Waals surface area contributed by atoms with Crippen LogP contribution in [0.5, 0.6) is 0 Å². The summed E-state index contributed by atoms with van der Waals surface area (Å²) in [6.45, 7) is 9.14. The molecule has 3 rings (SSSR count). The highest BCUT2D eigenvalue weighted by atomic mass is 16.5. The van der Waals surface area contributed by atoms with Gasteiger partial charge in [-0.2, -0.15) is 0 Å². The van der Waals surface area contributed by atoms with Gasteiger partial charge >= 0.3 is 12.0 Å². The summed E-state index contributed by atoms with van der Waals surface area (Å²) in [7, 11) is 0. The van der Waals surface area contributed by atoms with E-state index in [4.69, 9.17) is 4.74 Å². The van der Waals surface area contributed by atoms with Crippen molar-refractivity contribution in [3.63, 3.8) is 0 Å². The Morgan fingerprint density at radius 2 is 1.67 bits per heavy atom. The molecular formula is C26H30N2O5. The predicted octanol–water partition coefficient (Wildman–Crippen LogP) is 3.65. The maximum Gasteiger partial charge on any atom is 0.324 e. The van der Waals surface area contributed by atoms with Gasteiger partial charge in [0.25, 0.3) is 0 Å². The van der Waals surface area contributed by atoms with E-state index in [-0.39, 0.29) is 11.2 Å². The first-order chi connectivity index (χ1) is 15.5. The minimum atomic E-state index is -0.464. The molecule has 0 radical (unpaired) electrons. The third-order valence-corrected chi connectivity index (χ3v) is 6.34. The number of likely N-dealkylation sites (tertiary alicyclic amines) is 1. The van der Waals surface area contributed by atoms with Gasteiger partial charge in [-0.05, 0) is 67.9 Å². The van der Waals surface area contributed by atoms with Gasteiger partial charge in [0.05, 0.1) is 5.57 Å². The van der Waals surface area contributed by atoms with Gasteiger partial charge in [-0.1, -0.05) is 5.92 Å². The van der Waals surface area contributed by atoms with Crippen molar-refractivity contribution < 1.29 is 23.9 Å². The first kappa shape index (κ1) is 24.2. The summed E-state index contributed by atoms with van der Waals surface area (Å²) in [5, 5.41) is 2.29. The number of benzene rings is 1. The van der Waals surface area contributed by atoms with Gasteiger partial charge in [0.2, 0.25) is 5.91 Å². The lowest BCUT2D eigenvalue weighted by Gasteiger charge is -2.44. The molecule has 0 aromatic heterocycles. The maximum atomic E-state index is 13.5. The third kappa shape index (κ3) is 5.33. The summed E-state index contributed by atoms with van der Waals surface area (Å²) in [6, 6.07) is 3.47. The standard InChI is InChI=1S/C26H30N2O5/c1-6-7-20-12-16(2)23(17(3)13-20)24-21(31)14-26(15-22(24)33-19(5)30)8-10-28(11-9-26)25(32)27-18(4)29/h12-13H,8-11,14-15H2,1-5H3,(H,27,29,32). The molecule has 7 heteroatoms. The lowest BCUT2D eigenvalue weighted by atomic mass is 9.66. The second-order valence-electron chi connectivity index (χ2n) is 9.00. The molecule has 1 fully saturated rings. The molecule has 0 unspecified atom stereocenters. The van der Waals surface area contributed by atoms with Crippen LogP contribution in [0.2, 0.25) is 0 Å². The average Bonchev–Trinajstić information content (AvgIpc) is 2.69. The van der Waals surface area contributed by atoms with E-state index in [0.717, 1.165) is 22.3 Å².